The molecule has 0 fully saturated rings. The summed E-state index contributed by atoms with van der Waals surface area (Å²) in [5.74, 6) is 1.46. The molecule has 0 saturated heterocycles. The van der Waals surface area contributed by atoms with Crippen molar-refractivity contribution >= 4 is 86.0 Å². The molecule has 68 heavy (non-hydrogen) atoms. The van der Waals surface area contributed by atoms with Crippen molar-refractivity contribution in [2.24, 2.45) is 0 Å². The summed E-state index contributed by atoms with van der Waals surface area (Å²) in [7, 11) is -6.51. The maximum atomic E-state index is 7.70. The Morgan fingerprint density at radius 2 is 0.765 bits per heavy atom. The molecule has 360 valence electrons. The quantitative estimate of drug-likeness (QED) is 0.107. The fraction of sp³-hybridized carbons (Fsp3) is 0.379. The van der Waals surface area contributed by atoms with E-state index in [1.165, 1.54) is 22.3 Å². The zero-order valence-electron chi connectivity index (χ0n) is 43.7. The number of rotatable bonds is 9. The van der Waals surface area contributed by atoms with Gasteiger partial charge in [0, 0.05) is 33.0 Å². The van der Waals surface area contributed by atoms with Gasteiger partial charge in [-0.25, -0.2) is 0 Å². The second kappa shape index (κ2) is 18.8. The van der Waals surface area contributed by atoms with Crippen LogP contribution >= 0.6 is 37.6 Å². The van der Waals surface area contributed by atoms with Crippen molar-refractivity contribution in [3.8, 4) is 44.9 Å². The van der Waals surface area contributed by atoms with E-state index < -0.39 is 31.2 Å². The molecular formula is C58H72Cl2O4P2Si2. The highest BCUT2D eigenvalue weighted by molar-refractivity contribution is 8.00. The summed E-state index contributed by atoms with van der Waals surface area (Å²) in [6.45, 7) is 39.6. The van der Waals surface area contributed by atoms with E-state index >= 15 is 0 Å². The first kappa shape index (κ1) is 52.1. The monoisotopic (exact) mass is 1020 g/mol. The van der Waals surface area contributed by atoms with Crippen LogP contribution < -0.4 is 19.4 Å². The summed E-state index contributed by atoms with van der Waals surface area (Å²) in [6.07, 6.45) is 0. The van der Waals surface area contributed by atoms with Crippen LogP contribution in [0.4, 0.5) is 0 Å². The van der Waals surface area contributed by atoms with E-state index in [1.807, 2.05) is 0 Å². The molecule has 7 rings (SSSR count). The number of benzene rings is 6. The molecule has 0 bridgehead atoms. The third-order valence-electron chi connectivity index (χ3n) is 12.8. The largest absolute Gasteiger partial charge is 0.453 e. The maximum absolute atomic E-state index is 7.70. The van der Waals surface area contributed by atoms with Gasteiger partial charge in [0.1, 0.15) is 11.5 Å². The molecule has 0 atom stereocenters. The van der Waals surface area contributed by atoms with Gasteiger partial charge in [-0.05, 0) is 124 Å². The van der Waals surface area contributed by atoms with Crippen molar-refractivity contribution in [3.63, 3.8) is 0 Å². The van der Waals surface area contributed by atoms with Gasteiger partial charge in [0.15, 0.2) is 11.2 Å². The van der Waals surface area contributed by atoms with E-state index in [1.54, 1.807) is 0 Å². The summed E-state index contributed by atoms with van der Waals surface area (Å²) < 4.78 is 29.4. The lowest BCUT2D eigenvalue weighted by atomic mass is 9.82. The zero-order chi connectivity index (χ0) is 50.1. The van der Waals surface area contributed by atoms with Crippen molar-refractivity contribution in [1.82, 2.24) is 0 Å². The van der Waals surface area contributed by atoms with Crippen molar-refractivity contribution in [2.75, 3.05) is 0 Å². The van der Waals surface area contributed by atoms with Gasteiger partial charge in [0.25, 0.3) is 6.85 Å². The van der Waals surface area contributed by atoms with Gasteiger partial charge < -0.3 is 17.4 Å². The summed E-state index contributed by atoms with van der Waals surface area (Å²) >= 11 is 13.4. The first-order chi connectivity index (χ1) is 31.3. The van der Waals surface area contributed by atoms with Gasteiger partial charge in [-0.15, -0.1) is 0 Å². The molecule has 0 spiro atoms. The number of fused-ring (bicyclic) bond motifs is 3. The smallest absolute Gasteiger partial charge is 0.444 e. The molecule has 1 heterocycles. The molecule has 1 aromatic heterocycles. The van der Waals surface area contributed by atoms with Crippen LogP contribution in [0.25, 0.3) is 55.3 Å². The molecular weight excluding hydrogens is 950 g/mol. The minimum atomic E-state index is -2.23. The predicted molar refractivity (Wildman–Crippen MR) is 305 cm³/mol. The Morgan fingerprint density at radius 3 is 1.10 bits per heavy atom. The summed E-state index contributed by atoms with van der Waals surface area (Å²) in [5.41, 5.74) is 11.5. The van der Waals surface area contributed by atoms with E-state index in [2.05, 4.69) is 232 Å². The minimum absolute atomic E-state index is 0.171. The van der Waals surface area contributed by atoms with E-state index in [4.69, 9.17) is 39.9 Å². The van der Waals surface area contributed by atoms with E-state index in [-0.39, 0.29) is 21.7 Å². The number of halogens is 2. The fourth-order valence-electron chi connectivity index (χ4n) is 8.57. The molecule has 4 nitrogen and oxygen atoms in total. The zero-order valence-corrected chi connectivity index (χ0v) is 49.0. The normalized spacial score (nSPS) is 13.1. The highest BCUT2D eigenvalue weighted by Gasteiger charge is 2.35. The second-order valence-electron chi connectivity index (χ2n) is 24.6. The Balaban J connectivity index is 1.74. The molecule has 0 aliphatic rings. The Labute approximate surface area is 421 Å². The van der Waals surface area contributed by atoms with Crippen LogP contribution in [0.1, 0.15) is 105 Å². The Morgan fingerprint density at radius 1 is 0.441 bits per heavy atom. The molecule has 0 radical (unpaired) electrons. The molecule has 0 amide bonds. The number of hydrogen-bond acceptors (Lipinski definition) is 4. The van der Waals surface area contributed by atoms with Crippen LogP contribution in [-0.4, -0.2) is 16.1 Å². The summed E-state index contributed by atoms with van der Waals surface area (Å²) in [4.78, 5) is 0. The molecule has 0 aliphatic heterocycles. The van der Waals surface area contributed by atoms with Gasteiger partial charge in [0.2, 0.25) is 0 Å². The lowest BCUT2D eigenvalue weighted by Crippen LogP contribution is -2.40. The Hall–Kier alpha value is -3.74. The van der Waals surface area contributed by atoms with Crippen LogP contribution in [0.15, 0.2) is 118 Å². The van der Waals surface area contributed by atoms with Crippen molar-refractivity contribution in [2.45, 2.75) is 144 Å². The van der Waals surface area contributed by atoms with E-state index in [9.17, 15) is 0 Å². The number of hydrogen-bond donors (Lipinski definition) is 0. The van der Waals surface area contributed by atoms with Gasteiger partial charge in [-0.3, -0.25) is 0 Å². The summed E-state index contributed by atoms with van der Waals surface area (Å²) in [6, 6.07) is 39.7. The van der Waals surface area contributed by atoms with Crippen LogP contribution in [0, 0.1) is 0 Å². The third-order valence-corrected chi connectivity index (χ3v) is 18.5. The minimum Gasteiger partial charge on any atom is -0.444 e. The molecule has 7 aromatic rings. The lowest BCUT2D eigenvalue weighted by molar-refractivity contribution is 0.500. The average molecular weight is 1020 g/mol. The van der Waals surface area contributed by atoms with Crippen LogP contribution in [-0.2, 0) is 21.7 Å². The molecule has 6 aromatic carbocycles. The lowest BCUT2D eigenvalue weighted by Gasteiger charge is -2.31. The maximum Gasteiger partial charge on any atom is 0.453 e. The molecule has 0 aliphatic carbocycles. The standard InChI is InChI=1S/C58H72Cl2O4P2Si2/c1-55(2,3)39-29-43(37-25-21-19-22-26-37)51-45(31-39)46-32-40(56(4,5)6)30-44(38-27-23-20-24-28-38)52(46)63-66(62-51)64-54-48(34-42(58(10,11)12)36-50(54)68(16,17)18)47-33-41(57(7,8)9)35-49(67(13,14)15)53(47)61-65(59)60/h19-36H,1-18H3. The fourth-order valence-corrected chi connectivity index (χ4v) is 13.5. The SMILES string of the molecule is CC(C)(C)c1cc(-c2cc(C(C)(C)C)cc([Si](C)(C)C)c2Op2oc3c(-c4ccccc4)cc(C(C)(C)C)cc3c3cc(C(C)(C)C)cc(-c4ccccc4)c3o2)c(OP(Cl)Cl)c([Si](C)(C)C)c1. The third kappa shape index (κ3) is 11.2. The second-order valence-corrected chi connectivity index (χ2v) is 38.6. The average Bonchev–Trinajstić information content (AvgIpc) is 3.37. The first-order valence-corrected chi connectivity index (χ1v) is 35.0. The van der Waals surface area contributed by atoms with Crippen molar-refractivity contribution in [3.05, 3.63) is 131 Å². The predicted octanol–water partition coefficient (Wildman–Crippen LogP) is 19.5. The molecule has 0 saturated carbocycles. The van der Waals surface area contributed by atoms with Crippen molar-refractivity contribution < 1.29 is 17.4 Å². The first-order valence-electron chi connectivity index (χ1n) is 23.8. The van der Waals surface area contributed by atoms with Gasteiger partial charge in [-0.1, -0.05) is 195 Å². The van der Waals surface area contributed by atoms with Gasteiger partial charge in [0.05, 0.1) is 16.1 Å². The van der Waals surface area contributed by atoms with Crippen LogP contribution in [0.5, 0.6) is 11.5 Å². The molecule has 0 N–H and O–H groups in total. The highest BCUT2D eigenvalue weighted by atomic mass is 35.9. The Bertz CT molecular complexity index is 2910. The molecule has 10 heteroatoms. The van der Waals surface area contributed by atoms with Crippen LogP contribution in [0.2, 0.25) is 39.3 Å². The van der Waals surface area contributed by atoms with E-state index in [0.29, 0.717) is 0 Å². The van der Waals surface area contributed by atoms with E-state index in [0.717, 1.165) is 77.2 Å². The van der Waals surface area contributed by atoms with Crippen molar-refractivity contribution in [1.29, 1.82) is 0 Å². The summed E-state index contributed by atoms with van der Waals surface area (Å²) in [5, 5.41) is 4.28. The van der Waals surface area contributed by atoms with Gasteiger partial charge in [-0.2, -0.15) is 0 Å². The topological polar surface area (TPSA) is 44.7 Å². The van der Waals surface area contributed by atoms with Crippen LogP contribution in [0.3, 0.4) is 0 Å². The highest BCUT2D eigenvalue weighted by Crippen LogP contribution is 2.53. The van der Waals surface area contributed by atoms with Gasteiger partial charge >= 0.3 is 8.24 Å². The molecule has 0 unspecified atom stereocenters. The Kier molecular flexibility index (Phi) is 14.4.